The molecule has 0 atom stereocenters. The molecule has 0 fully saturated rings. The van der Waals surface area contributed by atoms with Crippen LogP contribution in [0.3, 0.4) is 0 Å². The second-order valence-corrected chi connectivity index (χ2v) is 5.18. The Balaban J connectivity index is 0.000000192. The molecule has 3 heteroatoms. The Hall–Kier alpha value is -1.84. The van der Waals surface area contributed by atoms with Gasteiger partial charge in [-0.3, -0.25) is 0 Å². The van der Waals surface area contributed by atoms with Crippen LogP contribution in [0.4, 0.5) is 0 Å². The van der Waals surface area contributed by atoms with Gasteiger partial charge in [-0.1, -0.05) is 49.7 Å². The molecule has 0 amide bonds. The monoisotopic (exact) mass is 300 g/mol. The number of ether oxygens (including phenoxy) is 2. The van der Waals surface area contributed by atoms with Gasteiger partial charge in [-0.05, 0) is 29.7 Å². The minimum absolute atomic E-state index is 0.143. The van der Waals surface area contributed by atoms with Crippen LogP contribution < -0.4 is 4.74 Å². The standard InChI is InChI=1S/C13H10O.C6H14O2/c1-3-7-12-10(5-1)9-11-6-2-4-8-13(11)14-12;1-2-3-5-8-6-4-7/h1-8H,9H2;7H,2-6H2,1H3. The van der Waals surface area contributed by atoms with Crippen LogP contribution in [-0.4, -0.2) is 24.9 Å². The summed E-state index contributed by atoms with van der Waals surface area (Å²) in [5.41, 5.74) is 2.54. The van der Waals surface area contributed by atoms with Crippen LogP contribution in [0.25, 0.3) is 0 Å². The van der Waals surface area contributed by atoms with Crippen LogP contribution in [0.2, 0.25) is 0 Å². The minimum atomic E-state index is 0.143. The highest BCUT2D eigenvalue weighted by Gasteiger charge is 2.14. The minimum Gasteiger partial charge on any atom is -0.457 e. The van der Waals surface area contributed by atoms with E-state index in [0.717, 1.165) is 37.4 Å². The van der Waals surface area contributed by atoms with Gasteiger partial charge in [0.1, 0.15) is 11.5 Å². The molecule has 1 N–H and O–H groups in total. The SMILES string of the molecule is CCCCOCCO.c1ccc2c(c1)Cc1ccccc1O2. The maximum atomic E-state index is 8.24. The van der Waals surface area contributed by atoms with Crippen LogP contribution in [0.15, 0.2) is 48.5 Å². The molecule has 0 bridgehead atoms. The van der Waals surface area contributed by atoms with E-state index in [1.165, 1.54) is 11.1 Å². The number of aliphatic hydroxyl groups excluding tert-OH is 1. The first-order chi connectivity index (χ1) is 10.8. The van der Waals surface area contributed by atoms with Crippen molar-refractivity contribution in [2.75, 3.05) is 19.8 Å². The third kappa shape index (κ3) is 4.86. The Labute approximate surface area is 132 Å². The summed E-state index contributed by atoms with van der Waals surface area (Å²) in [6, 6.07) is 16.4. The number of fused-ring (bicyclic) bond motifs is 2. The molecule has 3 rings (SSSR count). The summed E-state index contributed by atoms with van der Waals surface area (Å²) in [4.78, 5) is 0. The Bertz CT molecular complexity index is 473. The lowest BCUT2D eigenvalue weighted by Crippen LogP contribution is -2.01. The van der Waals surface area contributed by atoms with Crippen LogP contribution in [0.5, 0.6) is 11.5 Å². The van der Waals surface area contributed by atoms with E-state index in [0.29, 0.717) is 6.61 Å². The van der Waals surface area contributed by atoms with E-state index in [-0.39, 0.29) is 6.61 Å². The maximum Gasteiger partial charge on any atom is 0.130 e. The Morgan fingerprint density at radius 2 is 1.55 bits per heavy atom. The molecule has 0 saturated heterocycles. The van der Waals surface area contributed by atoms with Gasteiger partial charge in [0.15, 0.2) is 0 Å². The normalized spacial score (nSPS) is 11.5. The molecule has 3 nitrogen and oxygen atoms in total. The molecule has 1 aliphatic heterocycles. The summed E-state index contributed by atoms with van der Waals surface area (Å²) in [6.45, 7) is 3.53. The summed E-state index contributed by atoms with van der Waals surface area (Å²) < 4.78 is 10.8. The fourth-order valence-electron chi connectivity index (χ4n) is 2.24. The second kappa shape index (κ2) is 9.23. The van der Waals surface area contributed by atoms with Crippen molar-refractivity contribution in [3.63, 3.8) is 0 Å². The van der Waals surface area contributed by atoms with Crippen molar-refractivity contribution in [1.29, 1.82) is 0 Å². The topological polar surface area (TPSA) is 38.7 Å². The number of hydrogen-bond acceptors (Lipinski definition) is 3. The zero-order chi connectivity index (χ0) is 15.6. The number of para-hydroxylation sites is 2. The first kappa shape index (κ1) is 16.5. The first-order valence-corrected chi connectivity index (χ1v) is 7.87. The van der Waals surface area contributed by atoms with Gasteiger partial charge in [0.2, 0.25) is 0 Å². The molecule has 0 spiro atoms. The van der Waals surface area contributed by atoms with E-state index in [1.54, 1.807) is 0 Å². The largest absolute Gasteiger partial charge is 0.457 e. The number of hydrogen-bond donors (Lipinski definition) is 1. The first-order valence-electron chi connectivity index (χ1n) is 7.87. The molecule has 118 valence electrons. The van der Waals surface area contributed by atoms with Crippen molar-refractivity contribution in [2.45, 2.75) is 26.2 Å². The highest BCUT2D eigenvalue weighted by molar-refractivity contribution is 5.49. The van der Waals surface area contributed by atoms with E-state index < -0.39 is 0 Å². The summed E-state index contributed by atoms with van der Waals surface area (Å²) >= 11 is 0. The quantitative estimate of drug-likeness (QED) is 0.718. The molecule has 0 radical (unpaired) electrons. The van der Waals surface area contributed by atoms with Gasteiger partial charge in [-0.2, -0.15) is 0 Å². The smallest absolute Gasteiger partial charge is 0.130 e. The van der Waals surface area contributed by atoms with Gasteiger partial charge in [-0.25, -0.2) is 0 Å². The summed E-state index contributed by atoms with van der Waals surface area (Å²) in [5, 5.41) is 8.24. The number of rotatable bonds is 5. The third-order valence-electron chi connectivity index (χ3n) is 3.42. The number of unbranched alkanes of at least 4 members (excludes halogenated alkanes) is 1. The van der Waals surface area contributed by atoms with E-state index >= 15 is 0 Å². The van der Waals surface area contributed by atoms with Crippen molar-refractivity contribution in [1.82, 2.24) is 0 Å². The summed E-state index contributed by atoms with van der Waals surface area (Å²) in [5.74, 6) is 1.98. The molecule has 0 aliphatic carbocycles. The molecule has 0 unspecified atom stereocenters. The lowest BCUT2D eigenvalue weighted by Gasteiger charge is -2.19. The van der Waals surface area contributed by atoms with E-state index in [4.69, 9.17) is 14.6 Å². The zero-order valence-corrected chi connectivity index (χ0v) is 13.1. The van der Waals surface area contributed by atoms with Crippen molar-refractivity contribution < 1.29 is 14.6 Å². The zero-order valence-electron chi connectivity index (χ0n) is 13.1. The van der Waals surface area contributed by atoms with Crippen LogP contribution in [0, 0.1) is 0 Å². The van der Waals surface area contributed by atoms with Crippen LogP contribution in [0.1, 0.15) is 30.9 Å². The summed E-state index contributed by atoms with van der Waals surface area (Å²) in [6.07, 6.45) is 3.23. The third-order valence-corrected chi connectivity index (χ3v) is 3.42. The Kier molecular flexibility index (Phi) is 6.94. The molecular weight excluding hydrogens is 276 g/mol. The predicted octanol–water partition coefficient (Wildman–Crippen LogP) is 4.18. The van der Waals surface area contributed by atoms with Crippen LogP contribution >= 0.6 is 0 Å². The van der Waals surface area contributed by atoms with Crippen molar-refractivity contribution in [2.24, 2.45) is 0 Å². The van der Waals surface area contributed by atoms with Crippen molar-refractivity contribution in [3.05, 3.63) is 59.7 Å². The summed E-state index contributed by atoms with van der Waals surface area (Å²) in [7, 11) is 0. The second-order valence-electron chi connectivity index (χ2n) is 5.18. The molecule has 2 aromatic rings. The Morgan fingerprint density at radius 3 is 2.09 bits per heavy atom. The fourth-order valence-corrected chi connectivity index (χ4v) is 2.24. The molecular formula is C19H24O3. The number of aliphatic hydroxyl groups is 1. The fraction of sp³-hybridized carbons (Fsp3) is 0.368. The highest BCUT2D eigenvalue weighted by atomic mass is 16.5. The van der Waals surface area contributed by atoms with E-state index in [9.17, 15) is 0 Å². The average molecular weight is 300 g/mol. The van der Waals surface area contributed by atoms with Gasteiger partial charge in [0, 0.05) is 13.0 Å². The van der Waals surface area contributed by atoms with E-state index in [1.807, 2.05) is 24.3 Å². The highest BCUT2D eigenvalue weighted by Crippen LogP contribution is 2.35. The predicted molar refractivity (Wildman–Crippen MR) is 88.6 cm³/mol. The molecule has 1 aliphatic rings. The van der Waals surface area contributed by atoms with Gasteiger partial charge in [-0.15, -0.1) is 0 Å². The maximum absolute atomic E-state index is 8.24. The molecule has 2 aromatic carbocycles. The van der Waals surface area contributed by atoms with Gasteiger partial charge >= 0.3 is 0 Å². The molecule has 1 heterocycles. The van der Waals surface area contributed by atoms with E-state index in [2.05, 4.69) is 31.2 Å². The average Bonchev–Trinajstić information content (AvgIpc) is 2.57. The molecule has 0 aromatic heterocycles. The molecule has 0 saturated carbocycles. The Morgan fingerprint density at radius 1 is 0.955 bits per heavy atom. The van der Waals surface area contributed by atoms with Gasteiger partial charge < -0.3 is 14.6 Å². The van der Waals surface area contributed by atoms with Gasteiger partial charge in [0.25, 0.3) is 0 Å². The van der Waals surface area contributed by atoms with Crippen molar-refractivity contribution in [3.8, 4) is 11.5 Å². The number of benzene rings is 2. The van der Waals surface area contributed by atoms with Crippen molar-refractivity contribution >= 4 is 0 Å². The van der Waals surface area contributed by atoms with Gasteiger partial charge in [0.05, 0.1) is 13.2 Å². The lowest BCUT2D eigenvalue weighted by molar-refractivity contribution is 0.0904. The lowest BCUT2D eigenvalue weighted by atomic mass is 10.0. The van der Waals surface area contributed by atoms with Crippen LogP contribution in [-0.2, 0) is 11.2 Å². The molecule has 22 heavy (non-hydrogen) atoms.